The molecule has 0 aliphatic carbocycles. The van der Waals surface area contributed by atoms with Crippen molar-refractivity contribution in [2.45, 2.75) is 4.90 Å². The molecule has 3 rings (SSSR count). The van der Waals surface area contributed by atoms with Crippen molar-refractivity contribution in [1.82, 2.24) is 7.96 Å². The van der Waals surface area contributed by atoms with Gasteiger partial charge >= 0.3 is 120 Å². The van der Waals surface area contributed by atoms with E-state index in [2.05, 4.69) is 12.7 Å². The summed E-state index contributed by atoms with van der Waals surface area (Å²) in [4.78, 5) is -0.00283. The Balaban J connectivity index is 2.01. The van der Waals surface area contributed by atoms with Crippen molar-refractivity contribution < 1.29 is 12.8 Å². The van der Waals surface area contributed by atoms with Crippen LogP contribution in [0, 0.1) is 5.82 Å². The van der Waals surface area contributed by atoms with Crippen LogP contribution in [0.1, 0.15) is 0 Å². The van der Waals surface area contributed by atoms with Crippen molar-refractivity contribution in [1.29, 1.82) is 0 Å². The first-order valence-corrected chi connectivity index (χ1v) is 8.57. The molecule has 102 valence electrons. The molecule has 1 heterocycles. The number of nitrogens with zero attached hydrogens (tertiary/aromatic N) is 2. The SMILES string of the molecule is O=S(=O)(Nc1cccc2n[se]nc12)c1ccc(F)cc1. The van der Waals surface area contributed by atoms with E-state index in [0.717, 1.165) is 12.1 Å². The molecule has 5 nitrogen and oxygen atoms in total. The van der Waals surface area contributed by atoms with Gasteiger partial charge in [0.1, 0.15) is 0 Å². The second kappa shape index (κ2) is 4.97. The summed E-state index contributed by atoms with van der Waals surface area (Å²) in [7, 11) is -3.76. The summed E-state index contributed by atoms with van der Waals surface area (Å²) in [6.07, 6.45) is 0. The number of aromatic nitrogens is 2. The van der Waals surface area contributed by atoms with Crippen LogP contribution in [0.2, 0.25) is 0 Å². The number of fused-ring (bicyclic) bond motifs is 1. The third-order valence-corrected chi connectivity index (χ3v) is 5.17. The van der Waals surface area contributed by atoms with E-state index in [9.17, 15) is 12.8 Å². The second-order valence-electron chi connectivity index (χ2n) is 4.00. The fourth-order valence-electron chi connectivity index (χ4n) is 1.71. The van der Waals surface area contributed by atoms with Crippen molar-refractivity contribution >= 4 is 41.7 Å². The van der Waals surface area contributed by atoms with Crippen LogP contribution in [0.3, 0.4) is 0 Å². The summed E-state index contributed by atoms with van der Waals surface area (Å²) in [5, 5.41) is 0. The molecule has 0 saturated carbocycles. The van der Waals surface area contributed by atoms with Crippen LogP contribution in [0.15, 0.2) is 47.4 Å². The Kier molecular flexibility index (Phi) is 3.29. The minimum atomic E-state index is -3.76. The maximum atomic E-state index is 12.8. The molecule has 0 amide bonds. The predicted octanol–water partition coefficient (Wildman–Crippen LogP) is 1.63. The molecule has 0 saturated heterocycles. The first kappa shape index (κ1) is 13.2. The third kappa shape index (κ3) is 2.45. The molecular weight excluding hydrogens is 348 g/mol. The van der Waals surface area contributed by atoms with Gasteiger partial charge in [-0.1, -0.05) is 0 Å². The zero-order valence-electron chi connectivity index (χ0n) is 9.95. The van der Waals surface area contributed by atoms with Crippen molar-refractivity contribution in [2.24, 2.45) is 0 Å². The fraction of sp³-hybridized carbons (Fsp3) is 0. The van der Waals surface area contributed by atoms with E-state index < -0.39 is 15.8 Å². The number of hydrogen-bond acceptors (Lipinski definition) is 4. The van der Waals surface area contributed by atoms with E-state index in [1.165, 1.54) is 12.1 Å². The molecule has 1 aromatic heterocycles. The summed E-state index contributed by atoms with van der Waals surface area (Å²) in [5.41, 5.74) is 1.62. The molecule has 0 radical (unpaired) electrons. The topological polar surface area (TPSA) is 72.0 Å². The first-order chi connectivity index (χ1) is 9.56. The Morgan fingerprint density at radius 1 is 1.05 bits per heavy atom. The Bertz CT molecular complexity index is 862. The van der Waals surface area contributed by atoms with Gasteiger partial charge in [-0.25, -0.2) is 0 Å². The first-order valence-electron chi connectivity index (χ1n) is 5.56. The van der Waals surface area contributed by atoms with Crippen molar-refractivity contribution in [3.63, 3.8) is 0 Å². The summed E-state index contributed by atoms with van der Waals surface area (Å²) in [5.74, 6) is -0.485. The summed E-state index contributed by atoms with van der Waals surface area (Å²) in [6, 6.07) is 9.75. The molecular formula is C12H8FN3O2SSe. The Hall–Kier alpha value is -1.76. The van der Waals surface area contributed by atoms with Gasteiger partial charge in [-0.3, -0.25) is 0 Å². The fourth-order valence-corrected chi connectivity index (χ4v) is 3.93. The summed E-state index contributed by atoms with van der Waals surface area (Å²) < 4.78 is 48.1. The molecule has 0 aliphatic heterocycles. The molecule has 0 unspecified atom stereocenters. The zero-order valence-corrected chi connectivity index (χ0v) is 12.5. The van der Waals surface area contributed by atoms with Crippen LogP contribution in [0.5, 0.6) is 0 Å². The molecule has 0 spiro atoms. The van der Waals surface area contributed by atoms with E-state index in [1.807, 2.05) is 0 Å². The van der Waals surface area contributed by atoms with E-state index in [4.69, 9.17) is 0 Å². The van der Waals surface area contributed by atoms with Gasteiger partial charge in [0, 0.05) is 0 Å². The molecule has 0 aliphatic rings. The Morgan fingerprint density at radius 3 is 2.55 bits per heavy atom. The van der Waals surface area contributed by atoms with Crippen LogP contribution in [0.25, 0.3) is 11.0 Å². The predicted molar refractivity (Wildman–Crippen MR) is 73.7 cm³/mol. The summed E-state index contributed by atoms with van der Waals surface area (Å²) >= 11 is -0.236. The quantitative estimate of drug-likeness (QED) is 0.724. The molecule has 2 aromatic carbocycles. The number of nitrogens with one attached hydrogen (secondary N) is 1. The zero-order chi connectivity index (χ0) is 14.2. The van der Waals surface area contributed by atoms with Gasteiger partial charge in [-0.15, -0.1) is 0 Å². The van der Waals surface area contributed by atoms with E-state index in [-0.39, 0.29) is 19.9 Å². The molecule has 0 fully saturated rings. The number of rotatable bonds is 3. The van der Waals surface area contributed by atoms with Crippen LogP contribution in [0.4, 0.5) is 10.1 Å². The molecule has 3 aromatic rings. The number of hydrogen-bond donors (Lipinski definition) is 1. The molecule has 1 N–H and O–H groups in total. The standard InChI is InChI=1S/C12H8FN3O2SSe/c13-8-4-6-9(7-5-8)19(17,18)14-10-2-1-3-11-12(10)16-20-15-11/h1-7,14H. The van der Waals surface area contributed by atoms with Gasteiger partial charge < -0.3 is 0 Å². The normalized spacial score (nSPS) is 11.7. The third-order valence-electron chi connectivity index (χ3n) is 2.65. The van der Waals surface area contributed by atoms with Crippen LogP contribution in [-0.2, 0) is 10.0 Å². The van der Waals surface area contributed by atoms with E-state index >= 15 is 0 Å². The van der Waals surface area contributed by atoms with Gasteiger partial charge in [0.15, 0.2) is 0 Å². The maximum absolute atomic E-state index is 12.8. The van der Waals surface area contributed by atoms with Gasteiger partial charge in [-0.2, -0.15) is 0 Å². The Morgan fingerprint density at radius 2 is 1.80 bits per heavy atom. The van der Waals surface area contributed by atoms with Crippen molar-refractivity contribution in [3.05, 3.63) is 48.3 Å². The second-order valence-corrected chi connectivity index (χ2v) is 6.79. The van der Waals surface area contributed by atoms with Crippen molar-refractivity contribution in [2.75, 3.05) is 4.72 Å². The molecule has 0 bridgehead atoms. The van der Waals surface area contributed by atoms with E-state index in [1.54, 1.807) is 18.2 Å². The van der Waals surface area contributed by atoms with Crippen molar-refractivity contribution in [3.8, 4) is 0 Å². The van der Waals surface area contributed by atoms with Crippen LogP contribution >= 0.6 is 0 Å². The molecule has 8 heteroatoms. The molecule has 0 atom stereocenters. The average molecular weight is 356 g/mol. The minimum absolute atomic E-state index is 0.00283. The number of anilines is 1. The Labute approximate surface area is 120 Å². The van der Waals surface area contributed by atoms with E-state index in [0.29, 0.717) is 16.7 Å². The van der Waals surface area contributed by atoms with Gasteiger partial charge in [0.2, 0.25) is 0 Å². The van der Waals surface area contributed by atoms with Crippen LogP contribution < -0.4 is 4.72 Å². The van der Waals surface area contributed by atoms with Gasteiger partial charge in [-0.05, 0) is 0 Å². The number of halogens is 1. The van der Waals surface area contributed by atoms with Crippen LogP contribution in [-0.4, -0.2) is 31.3 Å². The molecule has 20 heavy (non-hydrogen) atoms. The number of sulfonamides is 1. The monoisotopic (exact) mass is 357 g/mol. The number of benzene rings is 2. The van der Waals surface area contributed by atoms with Gasteiger partial charge in [0.05, 0.1) is 0 Å². The van der Waals surface area contributed by atoms with Gasteiger partial charge in [0.25, 0.3) is 0 Å². The summed E-state index contributed by atoms with van der Waals surface area (Å²) in [6.45, 7) is 0. The average Bonchev–Trinajstić information content (AvgIpc) is 2.88.